The van der Waals surface area contributed by atoms with E-state index in [2.05, 4.69) is 0 Å². The lowest BCUT2D eigenvalue weighted by atomic mass is 10.2. The summed E-state index contributed by atoms with van der Waals surface area (Å²) in [4.78, 5) is 10.2. The topological polar surface area (TPSA) is 55.8 Å². The van der Waals surface area contributed by atoms with Gasteiger partial charge in [-0.15, -0.1) is 0 Å². The first-order valence-corrected chi connectivity index (χ1v) is 6.22. The summed E-state index contributed by atoms with van der Waals surface area (Å²) < 4.78 is 10.7. The number of methoxy groups -OCH3 is 1. The van der Waals surface area contributed by atoms with Gasteiger partial charge in [0.2, 0.25) is 0 Å². The second kappa shape index (κ2) is 8.58. The molecule has 0 aliphatic carbocycles. The fraction of sp³-hybridized carbons (Fsp3) is 0.188. The van der Waals surface area contributed by atoms with Crippen LogP contribution >= 0.6 is 0 Å². The van der Waals surface area contributed by atoms with Crippen molar-refractivity contribution in [2.45, 2.75) is 6.92 Å². The molecule has 0 aromatic heterocycles. The second-order valence-electron chi connectivity index (χ2n) is 3.78. The first kappa shape index (κ1) is 15.6. The highest BCUT2D eigenvalue weighted by atomic mass is 16.5. The van der Waals surface area contributed by atoms with Gasteiger partial charge in [-0.25, -0.2) is 4.79 Å². The molecule has 0 radical (unpaired) electrons. The number of carboxylic acids is 1. The van der Waals surface area contributed by atoms with Crippen molar-refractivity contribution in [3.05, 3.63) is 54.1 Å². The molecule has 0 heterocycles. The van der Waals surface area contributed by atoms with Crippen LogP contribution in [0.15, 0.2) is 48.6 Å². The molecule has 20 heavy (non-hydrogen) atoms. The molecule has 1 N–H and O–H groups in total. The minimum absolute atomic E-state index is 0.573. The molecule has 1 rings (SSSR count). The van der Waals surface area contributed by atoms with E-state index in [1.807, 2.05) is 37.3 Å². The Kier molecular flexibility index (Phi) is 6.68. The fourth-order valence-electron chi connectivity index (χ4n) is 1.50. The molecule has 4 heteroatoms. The van der Waals surface area contributed by atoms with E-state index < -0.39 is 5.97 Å². The highest BCUT2D eigenvalue weighted by molar-refractivity contribution is 5.80. The summed E-state index contributed by atoms with van der Waals surface area (Å²) in [6.45, 7) is 2.49. The van der Waals surface area contributed by atoms with E-state index in [0.29, 0.717) is 18.1 Å². The summed E-state index contributed by atoms with van der Waals surface area (Å²) in [6, 6.07) is 5.65. The van der Waals surface area contributed by atoms with Gasteiger partial charge < -0.3 is 14.6 Å². The average molecular weight is 274 g/mol. The number of hydrogen-bond donors (Lipinski definition) is 1. The Morgan fingerprint density at radius 2 is 1.95 bits per heavy atom. The summed E-state index contributed by atoms with van der Waals surface area (Å²) in [7, 11) is 1.60. The normalized spacial score (nSPS) is 11.5. The molecule has 4 nitrogen and oxygen atoms in total. The number of allylic oxidation sites excluding steroid dienone is 4. The first-order valence-electron chi connectivity index (χ1n) is 6.22. The predicted octanol–water partition coefficient (Wildman–Crippen LogP) is 3.30. The molecule has 0 unspecified atom stereocenters. The lowest BCUT2D eigenvalue weighted by Crippen LogP contribution is -1.95. The van der Waals surface area contributed by atoms with Gasteiger partial charge in [-0.2, -0.15) is 0 Å². The van der Waals surface area contributed by atoms with Crippen molar-refractivity contribution in [3.63, 3.8) is 0 Å². The maximum atomic E-state index is 10.2. The number of ether oxygens (including phenoxy) is 2. The van der Waals surface area contributed by atoms with Crippen molar-refractivity contribution >= 4 is 12.0 Å². The Hall–Kier alpha value is -2.49. The fourth-order valence-corrected chi connectivity index (χ4v) is 1.50. The van der Waals surface area contributed by atoms with E-state index in [0.717, 1.165) is 11.6 Å². The number of carbonyl (C=O) groups is 1. The van der Waals surface area contributed by atoms with Gasteiger partial charge in [0.1, 0.15) is 0 Å². The van der Waals surface area contributed by atoms with Crippen LogP contribution in [-0.4, -0.2) is 24.8 Å². The molecule has 0 saturated heterocycles. The number of hydrogen-bond acceptors (Lipinski definition) is 3. The molecule has 0 fully saturated rings. The molecule has 0 atom stereocenters. The Labute approximate surface area is 118 Å². The number of aliphatic carboxylic acids is 1. The molecule has 0 amide bonds. The lowest BCUT2D eigenvalue weighted by Gasteiger charge is -2.09. The van der Waals surface area contributed by atoms with E-state index in [1.54, 1.807) is 19.3 Å². The van der Waals surface area contributed by atoms with Crippen LogP contribution in [0.4, 0.5) is 0 Å². The monoisotopic (exact) mass is 274 g/mol. The maximum Gasteiger partial charge on any atom is 0.328 e. The van der Waals surface area contributed by atoms with Gasteiger partial charge in [-0.1, -0.05) is 36.4 Å². The third-order valence-electron chi connectivity index (χ3n) is 2.35. The molecule has 0 bridgehead atoms. The van der Waals surface area contributed by atoms with E-state index >= 15 is 0 Å². The minimum Gasteiger partial charge on any atom is -0.493 e. The Balaban J connectivity index is 2.72. The molecular weight excluding hydrogens is 256 g/mol. The highest BCUT2D eigenvalue weighted by Crippen LogP contribution is 2.28. The van der Waals surface area contributed by atoms with E-state index in [1.165, 1.54) is 6.08 Å². The lowest BCUT2D eigenvalue weighted by molar-refractivity contribution is -0.131. The maximum absolute atomic E-state index is 10.2. The molecule has 1 aromatic carbocycles. The average Bonchev–Trinajstić information content (AvgIpc) is 2.43. The quantitative estimate of drug-likeness (QED) is 0.612. The van der Waals surface area contributed by atoms with Gasteiger partial charge in [0.15, 0.2) is 11.5 Å². The summed E-state index contributed by atoms with van der Waals surface area (Å²) in [5.41, 5.74) is 0.973. The third-order valence-corrected chi connectivity index (χ3v) is 2.35. The van der Waals surface area contributed by atoms with Crippen LogP contribution in [0.5, 0.6) is 11.5 Å². The number of rotatable bonds is 7. The molecule has 0 aliphatic heterocycles. The van der Waals surface area contributed by atoms with Crippen molar-refractivity contribution in [1.82, 2.24) is 0 Å². The Morgan fingerprint density at radius 1 is 1.20 bits per heavy atom. The van der Waals surface area contributed by atoms with Crippen LogP contribution in [0.3, 0.4) is 0 Å². The van der Waals surface area contributed by atoms with Gasteiger partial charge in [-0.3, -0.25) is 0 Å². The number of carboxylic acid groups (broad SMARTS) is 1. The van der Waals surface area contributed by atoms with E-state index in [-0.39, 0.29) is 0 Å². The van der Waals surface area contributed by atoms with Crippen molar-refractivity contribution in [3.8, 4) is 11.5 Å². The van der Waals surface area contributed by atoms with Gasteiger partial charge >= 0.3 is 5.97 Å². The van der Waals surface area contributed by atoms with Crippen molar-refractivity contribution in [2.75, 3.05) is 13.7 Å². The third kappa shape index (κ3) is 5.44. The van der Waals surface area contributed by atoms with Crippen LogP contribution in [0.25, 0.3) is 6.08 Å². The summed E-state index contributed by atoms with van der Waals surface area (Å²) in [5.74, 6) is 0.436. The summed E-state index contributed by atoms with van der Waals surface area (Å²) in [6.07, 6.45) is 9.66. The second-order valence-corrected chi connectivity index (χ2v) is 3.78. The van der Waals surface area contributed by atoms with Crippen LogP contribution in [0, 0.1) is 0 Å². The van der Waals surface area contributed by atoms with E-state index in [9.17, 15) is 4.79 Å². The standard InChI is InChI=1S/C16H18O4/c1-3-20-15-12-13(10-11-14(15)19-2)8-6-4-5-7-9-16(17)18/h4-12H,3H2,1-2H3,(H,17,18)/b5-4+,8-6+,9-7+. The van der Waals surface area contributed by atoms with Gasteiger partial charge in [0.25, 0.3) is 0 Å². The van der Waals surface area contributed by atoms with Crippen molar-refractivity contribution < 1.29 is 19.4 Å². The van der Waals surface area contributed by atoms with Crippen molar-refractivity contribution in [2.24, 2.45) is 0 Å². The smallest absolute Gasteiger partial charge is 0.328 e. The van der Waals surface area contributed by atoms with Gasteiger partial charge in [-0.05, 0) is 24.6 Å². The number of benzene rings is 1. The molecule has 0 spiro atoms. The van der Waals surface area contributed by atoms with Crippen LogP contribution in [0.2, 0.25) is 0 Å². The zero-order valence-corrected chi connectivity index (χ0v) is 11.6. The SMILES string of the molecule is CCOc1cc(/C=C/C=C/C=C/C(=O)O)ccc1OC. The Morgan fingerprint density at radius 3 is 2.60 bits per heavy atom. The zero-order valence-electron chi connectivity index (χ0n) is 11.6. The van der Waals surface area contributed by atoms with Crippen LogP contribution in [0.1, 0.15) is 12.5 Å². The van der Waals surface area contributed by atoms with E-state index in [4.69, 9.17) is 14.6 Å². The Bertz CT molecular complexity index is 527. The van der Waals surface area contributed by atoms with Crippen LogP contribution in [-0.2, 0) is 4.79 Å². The largest absolute Gasteiger partial charge is 0.493 e. The first-order chi connectivity index (χ1) is 9.67. The predicted molar refractivity (Wildman–Crippen MR) is 79.1 cm³/mol. The minimum atomic E-state index is -0.963. The highest BCUT2D eigenvalue weighted by Gasteiger charge is 2.03. The molecule has 0 saturated carbocycles. The van der Waals surface area contributed by atoms with Gasteiger partial charge in [0, 0.05) is 6.08 Å². The van der Waals surface area contributed by atoms with Crippen molar-refractivity contribution in [1.29, 1.82) is 0 Å². The molecular formula is C16H18O4. The van der Waals surface area contributed by atoms with Gasteiger partial charge in [0.05, 0.1) is 13.7 Å². The summed E-state index contributed by atoms with van der Waals surface area (Å²) >= 11 is 0. The van der Waals surface area contributed by atoms with Crippen LogP contribution < -0.4 is 9.47 Å². The molecule has 106 valence electrons. The zero-order chi connectivity index (χ0) is 14.8. The molecule has 0 aliphatic rings. The summed E-state index contributed by atoms with van der Waals surface area (Å²) in [5, 5.41) is 8.41. The molecule has 1 aromatic rings.